The molecule has 0 amide bonds. The molecule has 0 bridgehead atoms. The molecule has 1 aromatic carbocycles. The van der Waals surface area contributed by atoms with Crippen molar-refractivity contribution in [1.29, 1.82) is 0 Å². The number of pyridine rings is 1. The standard InChI is InChI=1S/C18H23ClN2O2/c1-14(16-7-9-20-10-8-16)21(2)11-18(22)13-23-12-15-3-5-17(19)6-4-15/h3-10,14,18,22H,11-13H2,1-2H3. The molecule has 0 fully saturated rings. The van der Waals surface area contributed by atoms with Gasteiger partial charge in [-0.1, -0.05) is 23.7 Å². The fourth-order valence-electron chi connectivity index (χ4n) is 2.33. The van der Waals surface area contributed by atoms with Crippen LogP contribution in [0.15, 0.2) is 48.8 Å². The second-order valence-electron chi connectivity index (χ2n) is 5.69. The highest BCUT2D eigenvalue weighted by atomic mass is 35.5. The number of aliphatic hydroxyl groups excluding tert-OH is 1. The Balaban J connectivity index is 1.73. The van der Waals surface area contributed by atoms with Gasteiger partial charge in [-0.05, 0) is 49.4 Å². The molecule has 1 aromatic heterocycles. The van der Waals surface area contributed by atoms with E-state index in [4.69, 9.17) is 16.3 Å². The van der Waals surface area contributed by atoms with Gasteiger partial charge in [-0.3, -0.25) is 9.88 Å². The molecule has 23 heavy (non-hydrogen) atoms. The van der Waals surface area contributed by atoms with Gasteiger partial charge in [-0.15, -0.1) is 0 Å². The fourth-order valence-corrected chi connectivity index (χ4v) is 2.46. The molecule has 0 saturated heterocycles. The summed E-state index contributed by atoms with van der Waals surface area (Å²) in [7, 11) is 1.99. The van der Waals surface area contributed by atoms with E-state index in [0.29, 0.717) is 24.8 Å². The van der Waals surface area contributed by atoms with Crippen molar-refractivity contribution in [1.82, 2.24) is 9.88 Å². The highest BCUT2D eigenvalue weighted by Crippen LogP contribution is 2.17. The van der Waals surface area contributed by atoms with E-state index in [1.165, 1.54) is 5.56 Å². The predicted octanol–water partition coefficient (Wildman–Crippen LogP) is 3.31. The molecule has 1 heterocycles. The molecule has 0 spiro atoms. The zero-order valence-corrected chi connectivity index (χ0v) is 14.3. The first-order valence-corrected chi connectivity index (χ1v) is 8.04. The van der Waals surface area contributed by atoms with Crippen LogP contribution < -0.4 is 0 Å². The Labute approximate surface area is 142 Å². The van der Waals surface area contributed by atoms with E-state index in [-0.39, 0.29) is 6.04 Å². The highest BCUT2D eigenvalue weighted by molar-refractivity contribution is 6.30. The quantitative estimate of drug-likeness (QED) is 0.804. The van der Waals surface area contributed by atoms with Crippen molar-refractivity contribution in [3.63, 3.8) is 0 Å². The number of ether oxygens (including phenoxy) is 1. The van der Waals surface area contributed by atoms with Gasteiger partial charge in [0.1, 0.15) is 0 Å². The van der Waals surface area contributed by atoms with E-state index in [9.17, 15) is 5.11 Å². The summed E-state index contributed by atoms with van der Waals surface area (Å²) in [6.45, 7) is 3.43. The Morgan fingerprint density at radius 2 is 1.83 bits per heavy atom. The van der Waals surface area contributed by atoms with Crippen molar-refractivity contribution in [2.45, 2.75) is 25.7 Å². The van der Waals surface area contributed by atoms with E-state index in [2.05, 4.69) is 16.8 Å². The Morgan fingerprint density at radius 3 is 2.48 bits per heavy atom. The fraction of sp³-hybridized carbons (Fsp3) is 0.389. The van der Waals surface area contributed by atoms with Crippen molar-refractivity contribution in [3.8, 4) is 0 Å². The molecule has 1 N–H and O–H groups in total. The van der Waals surface area contributed by atoms with Gasteiger partial charge in [0, 0.05) is 30.0 Å². The van der Waals surface area contributed by atoms with Gasteiger partial charge < -0.3 is 9.84 Å². The van der Waals surface area contributed by atoms with Crippen molar-refractivity contribution in [3.05, 3.63) is 64.9 Å². The minimum atomic E-state index is -0.531. The Hall–Kier alpha value is -1.46. The molecule has 5 heteroatoms. The monoisotopic (exact) mass is 334 g/mol. The first-order valence-electron chi connectivity index (χ1n) is 7.66. The number of halogens is 1. The molecule has 0 radical (unpaired) electrons. The van der Waals surface area contributed by atoms with Gasteiger partial charge in [0.05, 0.1) is 19.3 Å². The van der Waals surface area contributed by atoms with Crippen LogP contribution in [-0.4, -0.2) is 41.3 Å². The Morgan fingerprint density at radius 1 is 1.17 bits per heavy atom. The van der Waals surface area contributed by atoms with Gasteiger partial charge in [-0.25, -0.2) is 0 Å². The summed E-state index contributed by atoms with van der Waals surface area (Å²) in [6.07, 6.45) is 3.04. The van der Waals surface area contributed by atoms with Crippen molar-refractivity contribution >= 4 is 11.6 Å². The Kier molecular flexibility index (Phi) is 6.99. The third kappa shape index (κ3) is 5.92. The summed E-state index contributed by atoms with van der Waals surface area (Å²) in [6, 6.07) is 11.7. The van der Waals surface area contributed by atoms with Crippen LogP contribution in [0, 0.1) is 0 Å². The third-order valence-corrected chi connectivity index (χ3v) is 4.09. The average Bonchev–Trinajstić information content (AvgIpc) is 2.56. The van der Waals surface area contributed by atoms with Crippen LogP contribution >= 0.6 is 11.6 Å². The lowest BCUT2D eigenvalue weighted by atomic mass is 10.1. The van der Waals surface area contributed by atoms with Crippen LogP contribution in [0.2, 0.25) is 5.02 Å². The molecular weight excluding hydrogens is 312 g/mol. The van der Waals surface area contributed by atoms with Gasteiger partial charge in [0.25, 0.3) is 0 Å². The smallest absolute Gasteiger partial charge is 0.0900 e. The number of aliphatic hydroxyl groups is 1. The van der Waals surface area contributed by atoms with Crippen LogP contribution in [0.25, 0.3) is 0 Å². The second kappa shape index (κ2) is 8.99. The molecule has 2 atom stereocenters. The SMILES string of the molecule is CC(c1ccncc1)N(C)CC(O)COCc1ccc(Cl)cc1. The maximum atomic E-state index is 10.1. The van der Waals surface area contributed by atoms with Gasteiger partial charge in [0.2, 0.25) is 0 Å². The first-order chi connectivity index (χ1) is 11.1. The summed E-state index contributed by atoms with van der Waals surface area (Å²) in [4.78, 5) is 6.13. The van der Waals surface area contributed by atoms with Gasteiger partial charge in [-0.2, -0.15) is 0 Å². The van der Waals surface area contributed by atoms with Gasteiger partial charge >= 0.3 is 0 Å². The van der Waals surface area contributed by atoms with Crippen LogP contribution in [0.4, 0.5) is 0 Å². The number of hydrogen-bond donors (Lipinski definition) is 1. The zero-order valence-electron chi connectivity index (χ0n) is 13.5. The zero-order chi connectivity index (χ0) is 16.7. The van der Waals surface area contributed by atoms with Crippen LogP contribution in [0.3, 0.4) is 0 Å². The van der Waals surface area contributed by atoms with Crippen molar-refractivity contribution < 1.29 is 9.84 Å². The molecular formula is C18H23ClN2O2. The molecule has 0 aliphatic rings. The van der Waals surface area contributed by atoms with Crippen LogP contribution in [0.1, 0.15) is 24.1 Å². The Bertz CT molecular complexity index is 577. The molecule has 0 saturated carbocycles. The number of rotatable bonds is 8. The molecule has 2 rings (SSSR count). The predicted molar refractivity (Wildman–Crippen MR) is 92.4 cm³/mol. The molecule has 0 aliphatic carbocycles. The van der Waals surface area contributed by atoms with E-state index in [1.807, 2.05) is 43.4 Å². The van der Waals surface area contributed by atoms with Crippen molar-refractivity contribution in [2.24, 2.45) is 0 Å². The lowest BCUT2D eigenvalue weighted by Gasteiger charge is -2.27. The molecule has 2 unspecified atom stereocenters. The molecule has 0 aliphatic heterocycles. The van der Waals surface area contributed by atoms with E-state index in [1.54, 1.807) is 12.4 Å². The van der Waals surface area contributed by atoms with Crippen LogP contribution in [-0.2, 0) is 11.3 Å². The van der Waals surface area contributed by atoms with Gasteiger partial charge in [0.15, 0.2) is 0 Å². The minimum Gasteiger partial charge on any atom is -0.389 e. The van der Waals surface area contributed by atoms with Crippen LogP contribution in [0.5, 0.6) is 0 Å². The largest absolute Gasteiger partial charge is 0.389 e. The summed E-state index contributed by atoms with van der Waals surface area (Å²) < 4.78 is 5.58. The normalized spacial score (nSPS) is 14.0. The lowest BCUT2D eigenvalue weighted by Crippen LogP contribution is -2.34. The van der Waals surface area contributed by atoms with Crippen molar-refractivity contribution in [2.75, 3.05) is 20.2 Å². The number of hydrogen-bond acceptors (Lipinski definition) is 4. The second-order valence-corrected chi connectivity index (χ2v) is 6.13. The minimum absolute atomic E-state index is 0.212. The number of likely N-dealkylation sites (N-methyl/N-ethyl adjacent to an activating group) is 1. The summed E-state index contributed by atoms with van der Waals surface area (Å²) in [5, 5.41) is 10.8. The number of benzene rings is 1. The lowest BCUT2D eigenvalue weighted by molar-refractivity contribution is 0.00853. The first kappa shape index (κ1) is 17.9. The third-order valence-electron chi connectivity index (χ3n) is 3.84. The number of aromatic nitrogens is 1. The molecule has 4 nitrogen and oxygen atoms in total. The van der Waals surface area contributed by atoms with E-state index < -0.39 is 6.10 Å². The maximum absolute atomic E-state index is 10.1. The summed E-state index contributed by atoms with van der Waals surface area (Å²) in [5.41, 5.74) is 2.22. The van der Waals surface area contributed by atoms with E-state index in [0.717, 1.165) is 5.56 Å². The summed E-state index contributed by atoms with van der Waals surface area (Å²) in [5.74, 6) is 0. The summed E-state index contributed by atoms with van der Waals surface area (Å²) >= 11 is 5.84. The molecule has 2 aromatic rings. The topological polar surface area (TPSA) is 45.6 Å². The maximum Gasteiger partial charge on any atom is 0.0900 e. The molecule has 124 valence electrons. The van der Waals surface area contributed by atoms with E-state index >= 15 is 0 Å². The highest BCUT2D eigenvalue weighted by Gasteiger charge is 2.15. The number of nitrogens with zero attached hydrogens (tertiary/aromatic N) is 2. The average molecular weight is 335 g/mol.